The second kappa shape index (κ2) is 9.23. The van der Waals surface area contributed by atoms with E-state index in [9.17, 15) is 13.2 Å². The lowest BCUT2D eigenvalue weighted by Gasteiger charge is -2.16. The number of anilines is 1. The van der Waals surface area contributed by atoms with E-state index < -0.39 is 10.0 Å². The van der Waals surface area contributed by atoms with Gasteiger partial charge in [-0.2, -0.15) is 4.68 Å². The molecule has 1 heterocycles. The Labute approximate surface area is 181 Å². The number of aromatic nitrogens is 4. The largest absolute Gasteiger partial charge is 0.376 e. The van der Waals surface area contributed by atoms with E-state index in [1.165, 1.54) is 20.2 Å². The molecule has 0 unspecified atom stereocenters. The van der Waals surface area contributed by atoms with Gasteiger partial charge in [-0.15, -0.1) is 5.10 Å². The summed E-state index contributed by atoms with van der Waals surface area (Å²) in [6.07, 6.45) is 0. The Morgan fingerprint density at radius 1 is 1.13 bits per heavy atom. The van der Waals surface area contributed by atoms with Crippen molar-refractivity contribution in [1.29, 1.82) is 0 Å². The van der Waals surface area contributed by atoms with E-state index in [2.05, 4.69) is 26.2 Å². The summed E-state index contributed by atoms with van der Waals surface area (Å²) in [6.45, 7) is 3.89. The van der Waals surface area contributed by atoms with Crippen LogP contribution < -0.4 is 10.6 Å². The molecule has 1 amide bonds. The lowest BCUT2D eigenvalue weighted by atomic mass is 10.2. The molecule has 3 aromatic rings. The maximum atomic E-state index is 12.5. The summed E-state index contributed by atoms with van der Waals surface area (Å²) in [4.78, 5) is 12.5. The molecule has 2 N–H and O–H groups in total. The van der Waals surface area contributed by atoms with Crippen molar-refractivity contribution in [2.75, 3.05) is 26.0 Å². The monoisotopic (exact) mass is 443 g/mol. The summed E-state index contributed by atoms with van der Waals surface area (Å²) in [5.74, 6) is 0.391. The molecule has 0 radical (unpaired) electrons. The minimum absolute atomic E-state index is 0.0275. The van der Waals surface area contributed by atoms with Crippen LogP contribution in [0.4, 0.5) is 5.69 Å². The highest BCUT2D eigenvalue weighted by atomic mass is 32.2. The van der Waals surface area contributed by atoms with Crippen LogP contribution in [0.3, 0.4) is 0 Å². The quantitative estimate of drug-likeness (QED) is 0.537. The van der Waals surface area contributed by atoms with Crippen LogP contribution in [0.25, 0.3) is 5.69 Å². The second-order valence-corrected chi connectivity index (χ2v) is 9.28. The van der Waals surface area contributed by atoms with Crippen LogP contribution in [0.15, 0.2) is 47.4 Å². The van der Waals surface area contributed by atoms with Crippen LogP contribution in [0.2, 0.25) is 0 Å². The number of carbonyl (C=O) groups excluding carboxylic acids is 1. The molecule has 0 spiro atoms. The number of nitrogens with zero attached hydrogens (tertiary/aromatic N) is 5. The first-order valence-corrected chi connectivity index (χ1v) is 11.0. The van der Waals surface area contributed by atoms with E-state index in [4.69, 9.17) is 0 Å². The number of tetrazole rings is 1. The molecule has 0 atom stereocenters. The first-order chi connectivity index (χ1) is 14.7. The van der Waals surface area contributed by atoms with E-state index in [0.717, 1.165) is 21.2 Å². The van der Waals surface area contributed by atoms with E-state index >= 15 is 0 Å². The van der Waals surface area contributed by atoms with Gasteiger partial charge in [0.05, 0.1) is 17.1 Å². The van der Waals surface area contributed by atoms with Gasteiger partial charge in [0, 0.05) is 26.3 Å². The normalized spacial score (nSPS) is 11.5. The molecule has 164 valence electrons. The zero-order chi connectivity index (χ0) is 22.6. The van der Waals surface area contributed by atoms with Gasteiger partial charge in [-0.25, -0.2) is 12.7 Å². The number of sulfonamides is 1. The predicted octanol–water partition coefficient (Wildman–Crippen LogP) is 1.26. The average Bonchev–Trinajstić information content (AvgIpc) is 3.17. The van der Waals surface area contributed by atoms with Crippen molar-refractivity contribution in [3.8, 4) is 5.69 Å². The van der Waals surface area contributed by atoms with E-state index in [-0.39, 0.29) is 23.9 Å². The van der Waals surface area contributed by atoms with Crippen LogP contribution >= 0.6 is 0 Å². The van der Waals surface area contributed by atoms with Crippen LogP contribution in [0.1, 0.15) is 17.0 Å². The Bertz CT molecular complexity index is 1190. The average molecular weight is 444 g/mol. The molecule has 0 aliphatic heterocycles. The lowest BCUT2D eigenvalue weighted by molar-refractivity contribution is -0.119. The van der Waals surface area contributed by atoms with E-state index in [1.807, 2.05) is 25.1 Å². The molecular formula is C20H25N7O3S. The molecule has 1 aromatic heterocycles. The van der Waals surface area contributed by atoms with Gasteiger partial charge in [0.2, 0.25) is 15.9 Å². The van der Waals surface area contributed by atoms with Crippen LogP contribution in [-0.4, -0.2) is 59.5 Å². The lowest BCUT2D eigenvalue weighted by Crippen LogP contribution is -2.30. The Morgan fingerprint density at radius 3 is 2.55 bits per heavy atom. The van der Waals surface area contributed by atoms with E-state index in [1.54, 1.807) is 29.8 Å². The predicted molar refractivity (Wildman–Crippen MR) is 116 cm³/mol. The standard InChI is InChI=1S/C20H25N7O3S/c1-14-9-10-17(11-18(14)27-15(2)23-24-25-27)21-13-20(28)22-12-16-7-5-6-8-19(16)31(29,30)26(3)4/h5-11,21H,12-13H2,1-4H3,(H,22,28). The Hall–Kier alpha value is -3.31. The van der Waals surface area contributed by atoms with Gasteiger partial charge in [-0.1, -0.05) is 24.3 Å². The Morgan fingerprint density at radius 2 is 1.87 bits per heavy atom. The highest BCUT2D eigenvalue weighted by Gasteiger charge is 2.20. The fraction of sp³-hybridized carbons (Fsp3) is 0.300. The zero-order valence-electron chi connectivity index (χ0n) is 17.8. The molecule has 11 heteroatoms. The minimum atomic E-state index is -3.60. The van der Waals surface area contributed by atoms with Crippen LogP contribution in [0.5, 0.6) is 0 Å². The number of rotatable bonds is 8. The fourth-order valence-electron chi connectivity index (χ4n) is 2.94. The number of hydrogen-bond acceptors (Lipinski definition) is 7. The molecule has 0 saturated heterocycles. The van der Waals surface area contributed by atoms with Gasteiger partial charge >= 0.3 is 0 Å². The highest BCUT2D eigenvalue weighted by Crippen LogP contribution is 2.20. The summed E-state index contributed by atoms with van der Waals surface area (Å²) < 4.78 is 27.7. The zero-order valence-corrected chi connectivity index (χ0v) is 18.6. The summed E-state index contributed by atoms with van der Waals surface area (Å²) in [5, 5.41) is 17.4. The van der Waals surface area contributed by atoms with Crippen molar-refractivity contribution < 1.29 is 13.2 Å². The molecular weight excluding hydrogens is 418 g/mol. The molecule has 0 aliphatic rings. The van der Waals surface area contributed by atoms with Gasteiger partial charge < -0.3 is 10.6 Å². The van der Waals surface area contributed by atoms with Gasteiger partial charge in [-0.3, -0.25) is 4.79 Å². The topological polar surface area (TPSA) is 122 Å². The Kier molecular flexibility index (Phi) is 6.66. The molecule has 0 saturated carbocycles. The smallest absolute Gasteiger partial charge is 0.242 e. The first kappa shape index (κ1) is 22.4. The summed E-state index contributed by atoms with van der Waals surface area (Å²) >= 11 is 0. The van der Waals surface area contributed by atoms with Crippen LogP contribution in [-0.2, 0) is 21.4 Å². The highest BCUT2D eigenvalue weighted by molar-refractivity contribution is 7.89. The molecule has 31 heavy (non-hydrogen) atoms. The minimum Gasteiger partial charge on any atom is -0.376 e. The molecule has 3 rings (SSSR count). The SMILES string of the molecule is Cc1ccc(NCC(=O)NCc2ccccc2S(=O)(=O)N(C)C)cc1-n1nnnc1C. The molecule has 0 bridgehead atoms. The summed E-state index contributed by atoms with van der Waals surface area (Å²) in [5.41, 5.74) is 3.07. The molecule has 0 aliphatic carbocycles. The Balaban J connectivity index is 1.64. The number of hydrogen-bond donors (Lipinski definition) is 2. The summed E-state index contributed by atoms with van der Waals surface area (Å²) in [7, 11) is -0.650. The van der Waals surface area contributed by atoms with Crippen molar-refractivity contribution in [3.05, 3.63) is 59.4 Å². The number of amides is 1. The van der Waals surface area contributed by atoms with Gasteiger partial charge in [-0.05, 0) is 53.6 Å². The number of carbonyl (C=O) groups is 1. The third-order valence-electron chi connectivity index (χ3n) is 4.72. The second-order valence-electron chi connectivity index (χ2n) is 7.16. The van der Waals surface area contributed by atoms with Crippen molar-refractivity contribution in [2.45, 2.75) is 25.3 Å². The van der Waals surface area contributed by atoms with Gasteiger partial charge in [0.15, 0.2) is 5.82 Å². The number of aryl methyl sites for hydroxylation is 2. The third kappa shape index (κ3) is 5.06. The van der Waals surface area contributed by atoms with Gasteiger partial charge in [0.1, 0.15) is 0 Å². The number of nitrogens with one attached hydrogen (secondary N) is 2. The van der Waals surface area contributed by atoms with Crippen molar-refractivity contribution in [1.82, 2.24) is 29.8 Å². The molecule has 2 aromatic carbocycles. The maximum absolute atomic E-state index is 12.5. The van der Waals surface area contributed by atoms with Gasteiger partial charge in [0.25, 0.3) is 0 Å². The molecule has 0 fully saturated rings. The maximum Gasteiger partial charge on any atom is 0.242 e. The molecule has 10 nitrogen and oxygen atoms in total. The fourth-order valence-corrected chi connectivity index (χ4v) is 4.05. The third-order valence-corrected chi connectivity index (χ3v) is 6.64. The van der Waals surface area contributed by atoms with Crippen molar-refractivity contribution in [2.24, 2.45) is 0 Å². The summed E-state index contributed by atoms with van der Waals surface area (Å²) in [6, 6.07) is 12.3. The van der Waals surface area contributed by atoms with E-state index in [0.29, 0.717) is 11.4 Å². The van der Waals surface area contributed by atoms with Crippen molar-refractivity contribution in [3.63, 3.8) is 0 Å². The number of benzene rings is 2. The van der Waals surface area contributed by atoms with Crippen molar-refractivity contribution >= 4 is 21.6 Å². The first-order valence-electron chi connectivity index (χ1n) is 9.57. The van der Waals surface area contributed by atoms with Crippen LogP contribution in [0, 0.1) is 13.8 Å².